The molecule has 2 amide bonds. The number of amides is 2. The van der Waals surface area contributed by atoms with Crippen LogP contribution in [0, 0.1) is 30.6 Å². The second kappa shape index (κ2) is 10.9. The van der Waals surface area contributed by atoms with E-state index in [1.807, 2.05) is 13.0 Å². The summed E-state index contributed by atoms with van der Waals surface area (Å²) in [5.74, 6) is -1.46. The maximum atomic E-state index is 13.4. The molecule has 44 heavy (non-hydrogen) atoms. The predicted molar refractivity (Wildman–Crippen MR) is 173 cm³/mol. The zero-order valence-corrected chi connectivity index (χ0v) is 27.0. The van der Waals surface area contributed by atoms with Crippen LogP contribution in [0.4, 0.5) is 5.69 Å². The molecule has 2 heterocycles. The molecule has 4 aromatic rings. The SMILES string of the molecule is CC1=CC2CC1C1C(=O)N(c3ccc(-c4cc(C(=O)OCC(=O)c5ccc(Br)cc5)c5cc(Br)cc(C)c5n4)cc3)C(=O)C21. The number of benzene rings is 3. The summed E-state index contributed by atoms with van der Waals surface area (Å²) in [5.41, 5.74) is 5.16. The van der Waals surface area contributed by atoms with E-state index in [1.165, 1.54) is 10.5 Å². The lowest BCUT2D eigenvalue weighted by Crippen LogP contribution is -2.32. The Morgan fingerprint density at radius 2 is 1.61 bits per heavy atom. The number of pyridine rings is 1. The third-order valence-electron chi connectivity index (χ3n) is 9.09. The molecule has 0 spiro atoms. The number of aryl methyl sites for hydroxylation is 1. The molecule has 1 aliphatic heterocycles. The molecule has 2 aliphatic carbocycles. The molecule has 0 N–H and O–H groups in total. The maximum Gasteiger partial charge on any atom is 0.339 e. The van der Waals surface area contributed by atoms with Gasteiger partial charge in [0.15, 0.2) is 12.4 Å². The number of hydrogen-bond donors (Lipinski definition) is 0. The Labute approximate surface area is 270 Å². The molecule has 4 atom stereocenters. The number of imide groups is 1. The molecule has 9 heteroatoms. The minimum atomic E-state index is -0.642. The summed E-state index contributed by atoms with van der Waals surface area (Å²) in [7, 11) is 0. The third-order valence-corrected chi connectivity index (χ3v) is 10.1. The summed E-state index contributed by atoms with van der Waals surface area (Å²) >= 11 is 6.86. The van der Waals surface area contributed by atoms with Crippen molar-refractivity contribution in [1.29, 1.82) is 0 Å². The average Bonchev–Trinajstić information content (AvgIpc) is 3.65. The number of hydrogen-bond acceptors (Lipinski definition) is 6. The van der Waals surface area contributed by atoms with Crippen LogP contribution in [-0.2, 0) is 14.3 Å². The van der Waals surface area contributed by atoms with Gasteiger partial charge in [0, 0.05) is 25.5 Å². The van der Waals surface area contributed by atoms with Crippen molar-refractivity contribution < 1.29 is 23.9 Å². The van der Waals surface area contributed by atoms with Crippen LogP contribution in [0.2, 0.25) is 0 Å². The second-order valence-electron chi connectivity index (χ2n) is 11.7. The Hall–Kier alpha value is -3.95. The summed E-state index contributed by atoms with van der Waals surface area (Å²) < 4.78 is 7.13. The number of esters is 1. The molecule has 3 aromatic carbocycles. The van der Waals surface area contributed by atoms with Crippen LogP contribution in [0.15, 0.2) is 87.3 Å². The minimum Gasteiger partial charge on any atom is -0.454 e. The van der Waals surface area contributed by atoms with Crippen molar-refractivity contribution >= 4 is 72.0 Å². The van der Waals surface area contributed by atoms with Crippen LogP contribution in [0.1, 0.15) is 39.6 Å². The quantitative estimate of drug-likeness (QED) is 0.0891. The first-order chi connectivity index (χ1) is 21.1. The van der Waals surface area contributed by atoms with Crippen LogP contribution in [0.25, 0.3) is 22.2 Å². The summed E-state index contributed by atoms with van der Waals surface area (Å²) in [4.78, 5) is 59.1. The predicted octanol–water partition coefficient (Wildman–Crippen LogP) is 7.48. The molecule has 7 rings (SSSR count). The van der Waals surface area contributed by atoms with Crippen molar-refractivity contribution in [2.75, 3.05) is 11.5 Å². The van der Waals surface area contributed by atoms with E-state index in [2.05, 4.69) is 44.9 Å². The van der Waals surface area contributed by atoms with Crippen molar-refractivity contribution in [3.8, 4) is 11.3 Å². The number of carbonyl (C=O) groups excluding carboxylic acids is 4. The fourth-order valence-electron chi connectivity index (χ4n) is 7.01. The first-order valence-electron chi connectivity index (χ1n) is 14.3. The molecule has 0 radical (unpaired) electrons. The fourth-order valence-corrected chi connectivity index (χ4v) is 7.85. The monoisotopic (exact) mass is 712 g/mol. The lowest BCUT2D eigenvalue weighted by Gasteiger charge is -2.19. The lowest BCUT2D eigenvalue weighted by atomic mass is 9.82. The van der Waals surface area contributed by atoms with E-state index in [-0.39, 0.29) is 46.8 Å². The summed E-state index contributed by atoms with van der Waals surface area (Å²) in [5, 5.41) is 0.594. The summed E-state index contributed by atoms with van der Waals surface area (Å²) in [6, 6.07) is 19.3. The molecular weight excluding hydrogens is 688 g/mol. The van der Waals surface area contributed by atoms with Crippen LogP contribution < -0.4 is 4.90 Å². The molecule has 2 bridgehead atoms. The Morgan fingerprint density at radius 1 is 0.909 bits per heavy atom. The number of halogens is 2. The standard InChI is InChI=1S/C35H26Br2N2O5/c1-17-11-21-13-25(17)31-30(21)33(41)39(34(31)42)24-9-5-19(6-10-24)28-15-27(26-14-23(37)12-18(2)32(26)38-28)35(43)44-16-29(40)20-3-7-22(36)8-4-20/h3-12,14-15,21,25,30-31H,13,16H2,1-2H3. The van der Waals surface area contributed by atoms with E-state index < -0.39 is 12.6 Å². The van der Waals surface area contributed by atoms with Crippen LogP contribution in [0.5, 0.6) is 0 Å². The van der Waals surface area contributed by atoms with Crippen molar-refractivity contribution in [2.24, 2.45) is 23.7 Å². The Kier molecular flexibility index (Phi) is 7.13. The number of Topliss-reactive ketones (excluding diaryl/α,β-unsaturated/α-hetero) is 1. The Morgan fingerprint density at radius 3 is 2.34 bits per heavy atom. The van der Waals surface area contributed by atoms with Crippen molar-refractivity contribution in [3.05, 3.63) is 104 Å². The van der Waals surface area contributed by atoms with Gasteiger partial charge in [-0.05, 0) is 80.1 Å². The van der Waals surface area contributed by atoms with Gasteiger partial charge in [-0.3, -0.25) is 19.3 Å². The van der Waals surface area contributed by atoms with Gasteiger partial charge in [0.05, 0.1) is 34.3 Å². The maximum absolute atomic E-state index is 13.4. The van der Waals surface area contributed by atoms with E-state index in [9.17, 15) is 19.2 Å². The molecule has 1 saturated heterocycles. The van der Waals surface area contributed by atoms with Gasteiger partial charge in [-0.15, -0.1) is 0 Å². The van der Waals surface area contributed by atoms with Gasteiger partial charge in [0.2, 0.25) is 11.8 Å². The highest BCUT2D eigenvalue weighted by molar-refractivity contribution is 9.10. The number of carbonyl (C=O) groups is 4. The molecular formula is C35H26Br2N2O5. The van der Waals surface area contributed by atoms with E-state index in [0.717, 1.165) is 20.9 Å². The molecule has 2 fully saturated rings. The molecule has 7 nitrogen and oxygen atoms in total. The third kappa shape index (κ3) is 4.73. The van der Waals surface area contributed by atoms with Gasteiger partial charge < -0.3 is 4.74 Å². The van der Waals surface area contributed by atoms with Gasteiger partial charge in [0.25, 0.3) is 0 Å². The van der Waals surface area contributed by atoms with E-state index in [0.29, 0.717) is 33.4 Å². The molecule has 220 valence electrons. The number of ketones is 1. The van der Waals surface area contributed by atoms with Crippen LogP contribution in [0.3, 0.4) is 0 Å². The zero-order valence-electron chi connectivity index (χ0n) is 23.8. The van der Waals surface area contributed by atoms with Gasteiger partial charge in [-0.1, -0.05) is 67.8 Å². The largest absolute Gasteiger partial charge is 0.454 e. The smallest absolute Gasteiger partial charge is 0.339 e. The number of fused-ring (bicyclic) bond motifs is 6. The van der Waals surface area contributed by atoms with E-state index in [1.54, 1.807) is 60.7 Å². The van der Waals surface area contributed by atoms with Gasteiger partial charge in [-0.25, -0.2) is 9.78 Å². The highest BCUT2D eigenvalue weighted by atomic mass is 79.9. The van der Waals surface area contributed by atoms with Crippen molar-refractivity contribution in [3.63, 3.8) is 0 Å². The number of anilines is 1. The van der Waals surface area contributed by atoms with Crippen LogP contribution >= 0.6 is 31.9 Å². The topological polar surface area (TPSA) is 93.6 Å². The van der Waals surface area contributed by atoms with Crippen molar-refractivity contribution in [1.82, 2.24) is 4.98 Å². The highest BCUT2D eigenvalue weighted by Crippen LogP contribution is 2.56. The summed E-state index contributed by atoms with van der Waals surface area (Å²) in [6.07, 6.45) is 3.05. The minimum absolute atomic E-state index is 0.125. The Bertz CT molecular complexity index is 1930. The molecule has 4 unspecified atom stereocenters. The van der Waals surface area contributed by atoms with Crippen LogP contribution in [-0.4, -0.2) is 35.2 Å². The number of ether oxygens (including phenoxy) is 1. The lowest BCUT2D eigenvalue weighted by molar-refractivity contribution is -0.123. The first-order valence-corrected chi connectivity index (χ1v) is 15.9. The number of rotatable bonds is 6. The van der Waals surface area contributed by atoms with Crippen molar-refractivity contribution in [2.45, 2.75) is 20.3 Å². The first kappa shape index (κ1) is 28.8. The average molecular weight is 714 g/mol. The molecule has 1 aromatic heterocycles. The zero-order chi connectivity index (χ0) is 30.9. The molecule has 1 saturated carbocycles. The Balaban J connectivity index is 1.18. The number of nitrogens with zero attached hydrogens (tertiary/aromatic N) is 2. The van der Waals surface area contributed by atoms with Gasteiger partial charge in [-0.2, -0.15) is 0 Å². The normalized spacial score (nSPS) is 22.0. The van der Waals surface area contributed by atoms with Gasteiger partial charge in [0.1, 0.15) is 0 Å². The number of allylic oxidation sites excluding steroid dienone is 2. The summed E-state index contributed by atoms with van der Waals surface area (Å²) in [6.45, 7) is 3.56. The van der Waals surface area contributed by atoms with Gasteiger partial charge >= 0.3 is 5.97 Å². The molecule has 3 aliphatic rings. The number of aromatic nitrogens is 1. The second-order valence-corrected chi connectivity index (χ2v) is 13.5. The van der Waals surface area contributed by atoms with E-state index >= 15 is 0 Å². The highest BCUT2D eigenvalue weighted by Gasteiger charge is 2.60. The van der Waals surface area contributed by atoms with E-state index in [4.69, 9.17) is 9.72 Å². The fraction of sp³-hybridized carbons (Fsp3) is 0.229.